The van der Waals surface area contributed by atoms with Crippen molar-refractivity contribution in [2.75, 3.05) is 6.54 Å². The maximum Gasteiger partial charge on any atom is 0.0577 e. The first-order chi connectivity index (χ1) is 9.88. The van der Waals surface area contributed by atoms with Gasteiger partial charge in [-0.25, -0.2) is 0 Å². The first kappa shape index (κ1) is 12.1. The van der Waals surface area contributed by atoms with Crippen molar-refractivity contribution in [3.63, 3.8) is 0 Å². The number of hydrogen-bond donors (Lipinski definition) is 2. The Labute approximate surface area is 119 Å². The van der Waals surface area contributed by atoms with Gasteiger partial charge < -0.3 is 0 Å². The molecule has 1 saturated heterocycles. The lowest BCUT2D eigenvalue weighted by Gasteiger charge is -2.08. The molecule has 2 N–H and O–H groups in total. The lowest BCUT2D eigenvalue weighted by molar-refractivity contribution is 0.456. The molecule has 20 heavy (non-hydrogen) atoms. The van der Waals surface area contributed by atoms with Crippen LogP contribution in [0, 0.1) is 0 Å². The average Bonchev–Trinajstić information content (AvgIpc) is 3.02. The van der Waals surface area contributed by atoms with Crippen molar-refractivity contribution in [1.29, 1.82) is 0 Å². The van der Waals surface area contributed by atoms with E-state index >= 15 is 0 Å². The Morgan fingerprint density at radius 3 is 2.95 bits per heavy atom. The Bertz CT molecular complexity index is 594. The second-order valence-corrected chi connectivity index (χ2v) is 5.91. The van der Waals surface area contributed by atoms with E-state index in [1.807, 2.05) is 10.9 Å². The summed E-state index contributed by atoms with van der Waals surface area (Å²) in [6.07, 6.45) is 8.00. The topological polar surface area (TPSA) is 41.9 Å². The molecule has 2 heterocycles. The van der Waals surface area contributed by atoms with Crippen LogP contribution in [0.3, 0.4) is 0 Å². The maximum atomic E-state index is 4.50. The molecule has 2 fully saturated rings. The molecule has 4 heteroatoms. The van der Waals surface area contributed by atoms with Gasteiger partial charge in [0, 0.05) is 24.3 Å². The molecule has 1 aromatic heterocycles. The molecule has 1 unspecified atom stereocenters. The number of hydrazine groups is 1. The number of benzene rings is 1. The highest BCUT2D eigenvalue weighted by atomic mass is 15.4. The smallest absolute Gasteiger partial charge is 0.0577 e. The zero-order valence-corrected chi connectivity index (χ0v) is 11.5. The molecule has 2 aliphatic rings. The van der Waals surface area contributed by atoms with E-state index in [9.17, 15) is 0 Å². The van der Waals surface area contributed by atoms with Gasteiger partial charge in [0.1, 0.15) is 0 Å². The van der Waals surface area contributed by atoms with Gasteiger partial charge in [0.25, 0.3) is 0 Å². The van der Waals surface area contributed by atoms with Crippen LogP contribution < -0.4 is 10.9 Å². The number of rotatable bonds is 4. The number of aromatic nitrogens is 2. The molecule has 1 saturated carbocycles. The van der Waals surface area contributed by atoms with Crippen molar-refractivity contribution in [3.05, 3.63) is 42.2 Å². The van der Waals surface area contributed by atoms with Gasteiger partial charge in [0.15, 0.2) is 0 Å². The summed E-state index contributed by atoms with van der Waals surface area (Å²) in [6, 6.07) is 9.42. The molecule has 4 nitrogen and oxygen atoms in total. The Kier molecular flexibility index (Phi) is 3.05. The third-order valence-electron chi connectivity index (χ3n) is 4.23. The Morgan fingerprint density at radius 1 is 1.20 bits per heavy atom. The van der Waals surface area contributed by atoms with Crippen molar-refractivity contribution >= 4 is 0 Å². The summed E-state index contributed by atoms with van der Waals surface area (Å²) >= 11 is 0. The summed E-state index contributed by atoms with van der Waals surface area (Å²) in [5, 5.41) is 4.50. The molecule has 104 valence electrons. The molecular weight excluding hydrogens is 248 g/mol. The van der Waals surface area contributed by atoms with Crippen LogP contribution in [0.1, 0.15) is 30.7 Å². The second kappa shape index (κ2) is 5.04. The third kappa shape index (κ3) is 2.49. The van der Waals surface area contributed by atoms with Crippen molar-refractivity contribution in [1.82, 2.24) is 20.6 Å². The zero-order chi connectivity index (χ0) is 13.4. The van der Waals surface area contributed by atoms with E-state index in [4.69, 9.17) is 0 Å². The van der Waals surface area contributed by atoms with E-state index in [0.717, 1.165) is 25.4 Å². The zero-order valence-electron chi connectivity index (χ0n) is 11.5. The van der Waals surface area contributed by atoms with Gasteiger partial charge in [-0.15, -0.1) is 0 Å². The lowest BCUT2D eigenvalue weighted by Crippen LogP contribution is -2.33. The summed E-state index contributed by atoms with van der Waals surface area (Å²) in [4.78, 5) is 0. The van der Waals surface area contributed by atoms with Gasteiger partial charge in [-0.2, -0.15) is 5.10 Å². The minimum Gasteiger partial charge on any atom is -0.270 e. The normalized spacial score (nSPS) is 22.3. The molecule has 1 atom stereocenters. The predicted molar refractivity (Wildman–Crippen MR) is 79.2 cm³/mol. The van der Waals surface area contributed by atoms with Gasteiger partial charge in [-0.05, 0) is 36.3 Å². The van der Waals surface area contributed by atoms with E-state index in [1.165, 1.54) is 29.5 Å². The van der Waals surface area contributed by atoms with Crippen LogP contribution >= 0.6 is 0 Å². The Hall–Kier alpha value is -1.65. The molecule has 0 amide bonds. The molecule has 4 rings (SSSR count). The lowest BCUT2D eigenvalue weighted by atomic mass is 10.0. The summed E-state index contributed by atoms with van der Waals surface area (Å²) < 4.78 is 2.05. The van der Waals surface area contributed by atoms with Crippen LogP contribution in [-0.2, 0) is 6.54 Å². The summed E-state index contributed by atoms with van der Waals surface area (Å²) in [6.45, 7) is 1.97. The van der Waals surface area contributed by atoms with E-state index in [2.05, 4.69) is 46.4 Å². The van der Waals surface area contributed by atoms with Crippen LogP contribution in [0.5, 0.6) is 0 Å². The SMILES string of the molecule is c1cc(-c2cnn(CC3CCNN3)c2)cc(C2CC2)c1. The number of hydrogen-bond acceptors (Lipinski definition) is 3. The molecule has 0 bridgehead atoms. The Morgan fingerprint density at radius 2 is 2.15 bits per heavy atom. The monoisotopic (exact) mass is 268 g/mol. The highest BCUT2D eigenvalue weighted by Gasteiger charge is 2.23. The first-order valence-corrected chi connectivity index (χ1v) is 7.50. The van der Waals surface area contributed by atoms with Crippen LogP contribution in [-0.4, -0.2) is 22.4 Å². The van der Waals surface area contributed by atoms with E-state index in [1.54, 1.807) is 0 Å². The minimum atomic E-state index is 0.487. The fourth-order valence-corrected chi connectivity index (χ4v) is 2.90. The summed E-state index contributed by atoms with van der Waals surface area (Å²) in [5.41, 5.74) is 10.4. The van der Waals surface area contributed by atoms with Gasteiger partial charge >= 0.3 is 0 Å². The molecule has 1 aromatic carbocycles. The fourth-order valence-electron chi connectivity index (χ4n) is 2.90. The maximum absolute atomic E-state index is 4.50. The predicted octanol–water partition coefficient (Wildman–Crippen LogP) is 2.29. The van der Waals surface area contributed by atoms with Gasteiger partial charge in [-0.3, -0.25) is 15.5 Å². The fraction of sp³-hybridized carbons (Fsp3) is 0.438. The first-order valence-electron chi connectivity index (χ1n) is 7.50. The van der Waals surface area contributed by atoms with Crippen molar-refractivity contribution in [3.8, 4) is 11.1 Å². The quantitative estimate of drug-likeness (QED) is 0.894. The van der Waals surface area contributed by atoms with Crippen LogP contribution in [0.15, 0.2) is 36.7 Å². The van der Waals surface area contributed by atoms with Gasteiger partial charge in [-0.1, -0.05) is 24.3 Å². The largest absolute Gasteiger partial charge is 0.270 e. The molecule has 2 aromatic rings. The van der Waals surface area contributed by atoms with Gasteiger partial charge in [0.05, 0.1) is 12.7 Å². The van der Waals surface area contributed by atoms with Gasteiger partial charge in [0.2, 0.25) is 0 Å². The van der Waals surface area contributed by atoms with E-state index < -0.39 is 0 Å². The molecule has 1 aliphatic carbocycles. The van der Waals surface area contributed by atoms with Crippen LogP contribution in [0.25, 0.3) is 11.1 Å². The van der Waals surface area contributed by atoms with Crippen molar-refractivity contribution in [2.24, 2.45) is 0 Å². The summed E-state index contributed by atoms with van der Waals surface area (Å²) in [5.74, 6) is 0.804. The highest BCUT2D eigenvalue weighted by molar-refractivity contribution is 5.63. The number of nitrogens with zero attached hydrogens (tertiary/aromatic N) is 2. The average molecular weight is 268 g/mol. The summed E-state index contributed by atoms with van der Waals surface area (Å²) in [7, 11) is 0. The molecule has 0 spiro atoms. The Balaban J connectivity index is 1.53. The molecule has 0 radical (unpaired) electrons. The molecule has 1 aliphatic heterocycles. The minimum absolute atomic E-state index is 0.487. The molecular formula is C16H20N4. The van der Waals surface area contributed by atoms with E-state index in [-0.39, 0.29) is 0 Å². The van der Waals surface area contributed by atoms with E-state index in [0.29, 0.717) is 6.04 Å². The number of nitrogens with one attached hydrogen (secondary N) is 2. The highest BCUT2D eigenvalue weighted by Crippen LogP contribution is 2.41. The third-order valence-corrected chi connectivity index (χ3v) is 4.23. The van der Waals surface area contributed by atoms with Crippen molar-refractivity contribution in [2.45, 2.75) is 37.8 Å². The van der Waals surface area contributed by atoms with Crippen LogP contribution in [0.4, 0.5) is 0 Å². The van der Waals surface area contributed by atoms with Crippen LogP contribution in [0.2, 0.25) is 0 Å². The van der Waals surface area contributed by atoms with Crippen molar-refractivity contribution < 1.29 is 0 Å². The second-order valence-electron chi connectivity index (χ2n) is 5.91. The standard InChI is InChI=1S/C16H20N4/c1-2-13(12-4-5-12)8-14(3-1)15-9-18-20(10-15)11-16-6-7-17-19-16/h1-3,8-10,12,16-17,19H,4-7,11H2.